The van der Waals surface area contributed by atoms with Crippen LogP contribution in [-0.4, -0.2) is 42.4 Å². The molecule has 19 heavy (non-hydrogen) atoms. The minimum atomic E-state index is -0.168. The second kappa shape index (κ2) is 5.53. The number of likely N-dealkylation sites (N-methyl/N-ethyl adjacent to an activating group) is 1. The van der Waals surface area contributed by atoms with Crippen molar-refractivity contribution in [2.45, 2.75) is 70.9 Å². The third-order valence-corrected chi connectivity index (χ3v) is 5.54. The number of piperidine rings is 1. The lowest BCUT2D eigenvalue weighted by Crippen LogP contribution is -2.57. The number of hydrogen-bond acceptors (Lipinski definition) is 3. The van der Waals surface area contributed by atoms with Crippen LogP contribution in [0.15, 0.2) is 0 Å². The van der Waals surface area contributed by atoms with Gasteiger partial charge in [0.05, 0.1) is 5.54 Å². The Morgan fingerprint density at radius 1 is 1.21 bits per heavy atom. The van der Waals surface area contributed by atoms with Crippen LogP contribution in [0.4, 0.5) is 0 Å². The first-order valence-electron chi connectivity index (χ1n) is 7.87. The van der Waals surface area contributed by atoms with Gasteiger partial charge in [-0.05, 0) is 71.5 Å². The fourth-order valence-corrected chi connectivity index (χ4v) is 3.51. The summed E-state index contributed by atoms with van der Waals surface area (Å²) in [6, 6.07) is 0.635. The Morgan fingerprint density at radius 2 is 1.79 bits per heavy atom. The standard InChI is InChI=1S/C16H30N2O/c1-13(2)18-10-8-15(3,9-11-18)12-14(19)16(17-4)6-5-7-16/h13,17H,5-12H2,1-4H3. The first-order chi connectivity index (χ1) is 8.91. The molecule has 2 aliphatic rings. The van der Waals surface area contributed by atoms with E-state index in [1.165, 1.54) is 6.42 Å². The van der Waals surface area contributed by atoms with Gasteiger partial charge in [-0.2, -0.15) is 0 Å². The summed E-state index contributed by atoms with van der Waals surface area (Å²) < 4.78 is 0. The van der Waals surface area contributed by atoms with Crippen molar-refractivity contribution in [3.63, 3.8) is 0 Å². The number of carbonyl (C=O) groups is 1. The summed E-state index contributed by atoms with van der Waals surface area (Å²) in [6.07, 6.45) is 6.37. The zero-order valence-corrected chi connectivity index (χ0v) is 13.1. The lowest BCUT2D eigenvalue weighted by atomic mass is 9.67. The van der Waals surface area contributed by atoms with Gasteiger partial charge in [0.2, 0.25) is 0 Å². The number of ketones is 1. The second-order valence-corrected chi connectivity index (χ2v) is 7.23. The maximum absolute atomic E-state index is 12.6. The van der Waals surface area contributed by atoms with Gasteiger partial charge in [-0.25, -0.2) is 0 Å². The Bertz CT molecular complexity index is 320. The van der Waals surface area contributed by atoms with Crippen LogP contribution >= 0.6 is 0 Å². The van der Waals surface area contributed by atoms with Crippen LogP contribution in [0.2, 0.25) is 0 Å². The molecule has 3 heteroatoms. The van der Waals surface area contributed by atoms with Gasteiger partial charge in [0.25, 0.3) is 0 Å². The summed E-state index contributed by atoms with van der Waals surface area (Å²) in [6.45, 7) is 9.13. The Kier molecular flexibility index (Phi) is 4.36. The van der Waals surface area contributed by atoms with Gasteiger partial charge in [0.15, 0.2) is 5.78 Å². The quantitative estimate of drug-likeness (QED) is 0.830. The molecule has 0 unspecified atom stereocenters. The summed E-state index contributed by atoms with van der Waals surface area (Å²) >= 11 is 0. The Balaban J connectivity index is 1.90. The third kappa shape index (κ3) is 3.03. The van der Waals surface area contributed by atoms with Gasteiger partial charge in [0.1, 0.15) is 0 Å². The molecule has 2 rings (SSSR count). The van der Waals surface area contributed by atoms with E-state index in [9.17, 15) is 4.79 Å². The van der Waals surface area contributed by atoms with Crippen molar-refractivity contribution >= 4 is 5.78 Å². The first kappa shape index (κ1) is 15.0. The highest BCUT2D eigenvalue weighted by atomic mass is 16.1. The highest BCUT2D eigenvalue weighted by molar-refractivity contribution is 5.89. The molecule has 0 spiro atoms. The van der Waals surface area contributed by atoms with Crippen LogP contribution < -0.4 is 5.32 Å². The lowest BCUT2D eigenvalue weighted by molar-refractivity contribution is -0.131. The minimum absolute atomic E-state index is 0.168. The van der Waals surface area contributed by atoms with Crippen molar-refractivity contribution in [2.75, 3.05) is 20.1 Å². The molecule has 0 aromatic carbocycles. The normalized spacial score (nSPS) is 26.2. The van der Waals surface area contributed by atoms with Crippen molar-refractivity contribution < 1.29 is 4.79 Å². The number of rotatable bonds is 5. The Morgan fingerprint density at radius 3 is 2.16 bits per heavy atom. The van der Waals surface area contributed by atoms with E-state index in [2.05, 4.69) is 31.0 Å². The molecular weight excluding hydrogens is 236 g/mol. The average Bonchev–Trinajstić information content (AvgIpc) is 2.28. The van der Waals surface area contributed by atoms with Crippen molar-refractivity contribution in [1.29, 1.82) is 0 Å². The summed E-state index contributed by atoms with van der Waals surface area (Å²) in [5.41, 5.74) is 0.0557. The molecule has 1 heterocycles. The molecule has 1 saturated heterocycles. The molecule has 1 aliphatic carbocycles. The maximum atomic E-state index is 12.6. The molecule has 0 radical (unpaired) electrons. The molecule has 2 fully saturated rings. The molecule has 0 atom stereocenters. The van der Waals surface area contributed by atoms with E-state index in [1.807, 2.05) is 7.05 Å². The second-order valence-electron chi connectivity index (χ2n) is 7.23. The van der Waals surface area contributed by atoms with Crippen LogP contribution in [0.5, 0.6) is 0 Å². The SMILES string of the molecule is CNC1(C(=O)CC2(C)CCN(C(C)C)CC2)CCC1. The Hall–Kier alpha value is -0.410. The number of carbonyl (C=O) groups excluding carboxylic acids is 1. The maximum Gasteiger partial charge on any atom is 0.153 e. The first-order valence-corrected chi connectivity index (χ1v) is 7.87. The van der Waals surface area contributed by atoms with Crippen molar-refractivity contribution in [3.05, 3.63) is 0 Å². The zero-order valence-electron chi connectivity index (χ0n) is 13.1. The molecule has 0 aromatic heterocycles. The highest BCUT2D eigenvalue weighted by Gasteiger charge is 2.45. The largest absolute Gasteiger partial charge is 0.308 e. The molecule has 0 aromatic rings. The van der Waals surface area contributed by atoms with E-state index in [1.54, 1.807) is 0 Å². The summed E-state index contributed by atoms with van der Waals surface area (Å²) in [5.74, 6) is 0.460. The topological polar surface area (TPSA) is 32.3 Å². The third-order valence-electron chi connectivity index (χ3n) is 5.54. The predicted octanol–water partition coefficient (Wildman–Crippen LogP) is 2.60. The number of nitrogens with one attached hydrogen (secondary N) is 1. The lowest BCUT2D eigenvalue weighted by Gasteiger charge is -2.45. The summed E-state index contributed by atoms with van der Waals surface area (Å²) in [4.78, 5) is 15.1. The molecular formula is C16H30N2O. The molecule has 1 saturated carbocycles. The molecule has 0 amide bonds. The Labute approximate surface area is 118 Å². The molecule has 110 valence electrons. The zero-order chi connectivity index (χ0) is 14.1. The number of hydrogen-bond donors (Lipinski definition) is 1. The number of Topliss-reactive ketones (excluding diaryl/α,β-unsaturated/α-hetero) is 1. The van der Waals surface area contributed by atoms with Crippen LogP contribution in [0.1, 0.15) is 59.3 Å². The van der Waals surface area contributed by atoms with Gasteiger partial charge < -0.3 is 10.2 Å². The van der Waals surface area contributed by atoms with Crippen molar-refractivity contribution in [2.24, 2.45) is 5.41 Å². The number of likely N-dealkylation sites (tertiary alicyclic amines) is 1. The number of nitrogens with zero attached hydrogens (tertiary/aromatic N) is 1. The van der Waals surface area contributed by atoms with Gasteiger partial charge >= 0.3 is 0 Å². The van der Waals surface area contributed by atoms with Crippen LogP contribution in [0.3, 0.4) is 0 Å². The van der Waals surface area contributed by atoms with Crippen LogP contribution in [0.25, 0.3) is 0 Å². The smallest absolute Gasteiger partial charge is 0.153 e. The summed E-state index contributed by atoms with van der Waals surface area (Å²) in [7, 11) is 1.95. The molecule has 3 nitrogen and oxygen atoms in total. The molecule has 0 bridgehead atoms. The highest BCUT2D eigenvalue weighted by Crippen LogP contribution is 2.40. The van der Waals surface area contributed by atoms with Gasteiger partial charge in [-0.3, -0.25) is 4.79 Å². The van der Waals surface area contributed by atoms with Crippen LogP contribution in [0, 0.1) is 5.41 Å². The minimum Gasteiger partial charge on any atom is -0.308 e. The van der Waals surface area contributed by atoms with E-state index in [0.29, 0.717) is 11.8 Å². The van der Waals surface area contributed by atoms with E-state index < -0.39 is 0 Å². The van der Waals surface area contributed by atoms with E-state index >= 15 is 0 Å². The molecule has 1 N–H and O–H groups in total. The average molecular weight is 266 g/mol. The van der Waals surface area contributed by atoms with Crippen molar-refractivity contribution in [3.8, 4) is 0 Å². The summed E-state index contributed by atoms with van der Waals surface area (Å²) in [5, 5.41) is 3.29. The molecule has 1 aliphatic heterocycles. The van der Waals surface area contributed by atoms with Crippen LogP contribution in [-0.2, 0) is 4.79 Å². The van der Waals surface area contributed by atoms with E-state index in [4.69, 9.17) is 0 Å². The van der Waals surface area contributed by atoms with E-state index in [-0.39, 0.29) is 11.0 Å². The predicted molar refractivity (Wildman–Crippen MR) is 79.3 cm³/mol. The van der Waals surface area contributed by atoms with Gasteiger partial charge in [0, 0.05) is 12.5 Å². The van der Waals surface area contributed by atoms with Gasteiger partial charge in [-0.1, -0.05) is 6.92 Å². The van der Waals surface area contributed by atoms with Gasteiger partial charge in [-0.15, -0.1) is 0 Å². The monoisotopic (exact) mass is 266 g/mol. The fraction of sp³-hybridized carbons (Fsp3) is 0.938. The van der Waals surface area contributed by atoms with E-state index in [0.717, 1.165) is 45.2 Å². The fourth-order valence-electron chi connectivity index (χ4n) is 3.51. The van der Waals surface area contributed by atoms with Crippen molar-refractivity contribution in [1.82, 2.24) is 10.2 Å².